The van der Waals surface area contributed by atoms with Crippen LogP contribution in [0.1, 0.15) is 122 Å². The quantitative estimate of drug-likeness (QED) is 0.268. The molecule has 3 N–H and O–H groups in total. The lowest BCUT2D eigenvalue weighted by Crippen LogP contribution is -2.67. The van der Waals surface area contributed by atoms with Crippen molar-refractivity contribution >= 4 is 11.9 Å². The largest absolute Gasteiger partial charge is 0.478 e. The third-order valence-electron chi connectivity index (χ3n) is 16.3. The molecule has 5 saturated carbocycles. The molecule has 5 fully saturated rings. The number of aromatic carboxylic acids is 1. The van der Waals surface area contributed by atoms with Crippen LogP contribution in [0.5, 0.6) is 0 Å². The molecule has 49 heavy (non-hydrogen) atoms. The summed E-state index contributed by atoms with van der Waals surface area (Å²) in [6.45, 7) is 19.7. The zero-order chi connectivity index (χ0) is 35.1. The topological polar surface area (TPSA) is 86.6 Å². The summed E-state index contributed by atoms with van der Waals surface area (Å²) in [6.07, 6.45) is 10.7. The Morgan fingerprint density at radius 2 is 1.53 bits per heavy atom. The molecular formula is C44H59NO4. The van der Waals surface area contributed by atoms with E-state index in [-0.39, 0.29) is 44.6 Å². The molecule has 264 valence electrons. The van der Waals surface area contributed by atoms with E-state index < -0.39 is 5.97 Å². The van der Waals surface area contributed by atoms with Crippen LogP contribution < -0.4 is 5.32 Å². The first-order valence-electron chi connectivity index (χ1n) is 19.1. The summed E-state index contributed by atoms with van der Waals surface area (Å²) in [4.78, 5) is 26.2. The van der Waals surface area contributed by atoms with Crippen LogP contribution in [0, 0.1) is 56.7 Å². The van der Waals surface area contributed by atoms with Gasteiger partial charge in [0.25, 0.3) is 0 Å². The Bertz CT molecular complexity index is 1660. The van der Waals surface area contributed by atoms with E-state index in [1.165, 1.54) is 31.3 Å². The van der Waals surface area contributed by atoms with Crippen molar-refractivity contribution in [3.05, 3.63) is 71.8 Å². The maximum Gasteiger partial charge on any atom is 0.335 e. The Hall–Kier alpha value is -2.92. The summed E-state index contributed by atoms with van der Waals surface area (Å²) in [5.41, 5.74) is 4.53. The van der Waals surface area contributed by atoms with Gasteiger partial charge >= 0.3 is 5.97 Å². The molecule has 0 saturated heterocycles. The van der Waals surface area contributed by atoms with Crippen LogP contribution in [-0.4, -0.2) is 28.2 Å². The first-order chi connectivity index (χ1) is 23.1. The number of fused-ring (bicyclic) bond motifs is 7. The van der Waals surface area contributed by atoms with Crippen molar-refractivity contribution in [2.45, 2.75) is 118 Å². The summed E-state index contributed by atoms with van der Waals surface area (Å²) in [5.74, 6) is 1.63. The molecule has 0 heterocycles. The zero-order valence-electron chi connectivity index (χ0n) is 30.8. The molecule has 2 aromatic rings. The highest BCUT2D eigenvalue weighted by Gasteiger charge is 2.71. The fraction of sp³-hybridized carbons (Fsp3) is 0.636. The number of carbonyl (C=O) groups is 2. The van der Waals surface area contributed by atoms with Gasteiger partial charge in [0.15, 0.2) is 0 Å². The van der Waals surface area contributed by atoms with Gasteiger partial charge in [0.2, 0.25) is 5.91 Å². The SMILES string of the molecule is C=C(C)C1CCC2(C(=O)NCc3cccc(-c4cccc(C(=O)O)c4)c3)CC[C@]3(C)C(CCC4C5(C)CCC(O)C(C)(C)C5CCC43C)C12. The monoisotopic (exact) mass is 665 g/mol. The molecule has 1 amide bonds. The number of carboxylic acid groups (broad SMARTS) is 1. The van der Waals surface area contributed by atoms with Gasteiger partial charge in [0.1, 0.15) is 0 Å². The molecule has 7 rings (SSSR count). The highest BCUT2D eigenvalue weighted by Crippen LogP contribution is 2.77. The van der Waals surface area contributed by atoms with E-state index in [0.717, 1.165) is 55.2 Å². The first-order valence-corrected chi connectivity index (χ1v) is 19.1. The predicted molar refractivity (Wildman–Crippen MR) is 196 cm³/mol. The van der Waals surface area contributed by atoms with Crippen LogP contribution >= 0.6 is 0 Å². The highest BCUT2D eigenvalue weighted by atomic mass is 16.4. The number of carbonyl (C=O) groups excluding carboxylic acids is 1. The Morgan fingerprint density at radius 3 is 2.24 bits per heavy atom. The smallest absolute Gasteiger partial charge is 0.335 e. The van der Waals surface area contributed by atoms with Crippen LogP contribution in [0.25, 0.3) is 11.1 Å². The van der Waals surface area contributed by atoms with Gasteiger partial charge in [-0.05, 0) is 157 Å². The second kappa shape index (κ2) is 11.8. The minimum absolute atomic E-state index is 0.0512. The molecule has 5 aliphatic rings. The number of rotatable bonds is 6. The number of hydrogen-bond donors (Lipinski definition) is 3. The molecule has 0 radical (unpaired) electrons. The van der Waals surface area contributed by atoms with Crippen molar-refractivity contribution in [1.29, 1.82) is 0 Å². The standard InChI is InChI=1S/C44H59NO4/c1-27(2)32-16-21-44(39(49)45-26-28-10-8-11-29(24-28)30-12-9-13-31(25-30)38(47)48)23-22-42(6)33(37(32)44)14-15-35-41(5)19-18-36(46)40(3,4)34(41)17-20-43(35,42)7/h8-13,24-25,32-37,46H,1,14-23,26H2,2-7H3,(H,45,49)(H,47,48)/t32?,33?,34?,35?,36?,37?,41?,42-,43?,44?/m1/s1. The lowest BCUT2D eigenvalue weighted by atomic mass is 9.32. The molecule has 0 bridgehead atoms. The third kappa shape index (κ3) is 5.02. The lowest BCUT2D eigenvalue weighted by Gasteiger charge is -2.72. The fourth-order valence-corrected chi connectivity index (χ4v) is 13.6. The van der Waals surface area contributed by atoms with Gasteiger partial charge in [0, 0.05) is 6.54 Å². The summed E-state index contributed by atoms with van der Waals surface area (Å²) in [6, 6.07) is 15.1. The van der Waals surface area contributed by atoms with Crippen LogP contribution in [0.3, 0.4) is 0 Å². The van der Waals surface area contributed by atoms with E-state index in [0.29, 0.717) is 36.1 Å². The van der Waals surface area contributed by atoms with Crippen LogP contribution in [0.2, 0.25) is 0 Å². The average Bonchev–Trinajstić information content (AvgIpc) is 3.47. The molecule has 5 nitrogen and oxygen atoms in total. The van der Waals surface area contributed by atoms with Crippen molar-refractivity contribution in [3.8, 4) is 11.1 Å². The maximum atomic E-state index is 14.7. The molecule has 9 unspecified atom stereocenters. The molecule has 10 atom stereocenters. The summed E-state index contributed by atoms with van der Waals surface area (Å²) in [5, 5.41) is 24.0. The van der Waals surface area contributed by atoms with E-state index in [2.05, 4.69) is 59.5 Å². The lowest BCUT2D eigenvalue weighted by molar-refractivity contribution is -0.246. The summed E-state index contributed by atoms with van der Waals surface area (Å²) < 4.78 is 0. The van der Waals surface area contributed by atoms with Crippen molar-refractivity contribution in [3.63, 3.8) is 0 Å². The van der Waals surface area contributed by atoms with Gasteiger partial charge in [0.05, 0.1) is 17.1 Å². The number of allylic oxidation sites excluding steroid dienone is 1. The first kappa shape index (κ1) is 34.5. The predicted octanol–water partition coefficient (Wildman–Crippen LogP) is 9.69. The fourth-order valence-electron chi connectivity index (χ4n) is 13.6. The number of amides is 1. The molecule has 2 aromatic carbocycles. The van der Waals surface area contributed by atoms with Gasteiger partial charge in [-0.1, -0.05) is 77.1 Å². The normalized spacial score (nSPS) is 40.6. The number of benzene rings is 2. The molecule has 0 spiro atoms. The summed E-state index contributed by atoms with van der Waals surface area (Å²) in [7, 11) is 0. The molecule has 5 heteroatoms. The van der Waals surface area contributed by atoms with Gasteiger partial charge < -0.3 is 15.5 Å². The van der Waals surface area contributed by atoms with Gasteiger partial charge in [-0.25, -0.2) is 4.79 Å². The van der Waals surface area contributed by atoms with Gasteiger partial charge in [-0.2, -0.15) is 0 Å². The Balaban J connectivity index is 1.15. The third-order valence-corrected chi connectivity index (χ3v) is 16.3. The average molecular weight is 666 g/mol. The zero-order valence-corrected chi connectivity index (χ0v) is 30.8. The van der Waals surface area contributed by atoms with Gasteiger partial charge in [-0.15, -0.1) is 0 Å². The van der Waals surface area contributed by atoms with Crippen LogP contribution in [0.4, 0.5) is 0 Å². The number of hydrogen-bond acceptors (Lipinski definition) is 3. The summed E-state index contributed by atoms with van der Waals surface area (Å²) >= 11 is 0. The Kier molecular flexibility index (Phi) is 8.33. The van der Waals surface area contributed by atoms with Crippen LogP contribution in [-0.2, 0) is 11.3 Å². The molecular weight excluding hydrogens is 606 g/mol. The van der Waals surface area contributed by atoms with Crippen molar-refractivity contribution < 1.29 is 19.8 Å². The molecule has 0 aliphatic heterocycles. The van der Waals surface area contributed by atoms with Crippen molar-refractivity contribution in [1.82, 2.24) is 5.32 Å². The highest BCUT2D eigenvalue weighted by molar-refractivity contribution is 5.89. The number of carboxylic acids is 1. The number of nitrogens with one attached hydrogen (secondary N) is 1. The maximum absolute atomic E-state index is 14.7. The van der Waals surface area contributed by atoms with E-state index >= 15 is 0 Å². The Morgan fingerprint density at radius 1 is 0.816 bits per heavy atom. The van der Waals surface area contributed by atoms with Crippen LogP contribution in [0.15, 0.2) is 60.7 Å². The number of aliphatic hydroxyl groups excluding tert-OH is 1. The minimum Gasteiger partial charge on any atom is -0.478 e. The molecule has 0 aromatic heterocycles. The van der Waals surface area contributed by atoms with E-state index in [4.69, 9.17) is 0 Å². The van der Waals surface area contributed by atoms with Gasteiger partial charge in [-0.3, -0.25) is 4.79 Å². The second-order valence-corrected chi connectivity index (χ2v) is 18.5. The Labute approximate surface area is 294 Å². The molecule has 5 aliphatic carbocycles. The number of aliphatic hydroxyl groups is 1. The van der Waals surface area contributed by atoms with Crippen molar-refractivity contribution in [2.24, 2.45) is 56.7 Å². The second-order valence-electron chi connectivity index (χ2n) is 18.5. The minimum atomic E-state index is -0.936. The van der Waals surface area contributed by atoms with E-state index in [1.54, 1.807) is 18.2 Å². The van der Waals surface area contributed by atoms with Crippen molar-refractivity contribution in [2.75, 3.05) is 0 Å². The van der Waals surface area contributed by atoms with E-state index in [9.17, 15) is 19.8 Å². The van der Waals surface area contributed by atoms with E-state index in [1.807, 2.05) is 24.3 Å².